The number of nitrogens with two attached hydrogens (primary N) is 1. The van der Waals surface area contributed by atoms with E-state index in [1.807, 2.05) is 26.0 Å². The molecular weight excluding hydrogens is 204 g/mol. The molecule has 0 unspecified atom stereocenters. The van der Waals surface area contributed by atoms with Gasteiger partial charge in [-0.3, -0.25) is 0 Å². The number of anilines is 1. The quantitative estimate of drug-likeness (QED) is 0.841. The number of rotatable bonds is 2. The molecule has 2 N–H and O–H groups in total. The standard InChI is InChI=1S/C12H14N2O2/c1-7-4-5-9(8(2)12(7)15-3)10-6-11(13)16-14-10/h4-6H,13H2,1-3H3. The number of nitrogens with zero attached hydrogens (tertiary/aromatic N) is 1. The van der Waals surface area contributed by atoms with Gasteiger partial charge in [-0.1, -0.05) is 17.3 Å². The van der Waals surface area contributed by atoms with Crippen molar-refractivity contribution in [2.24, 2.45) is 0 Å². The van der Waals surface area contributed by atoms with Gasteiger partial charge < -0.3 is 15.0 Å². The van der Waals surface area contributed by atoms with Gasteiger partial charge in [-0.05, 0) is 19.4 Å². The van der Waals surface area contributed by atoms with Gasteiger partial charge in [0, 0.05) is 17.2 Å². The highest BCUT2D eigenvalue weighted by molar-refractivity contribution is 5.69. The summed E-state index contributed by atoms with van der Waals surface area (Å²) in [6.45, 7) is 4.00. The highest BCUT2D eigenvalue weighted by Crippen LogP contribution is 2.32. The van der Waals surface area contributed by atoms with Crippen LogP contribution in [0.4, 0.5) is 5.88 Å². The Bertz CT molecular complexity index is 518. The summed E-state index contributed by atoms with van der Waals surface area (Å²) in [6.07, 6.45) is 0. The first-order valence-corrected chi connectivity index (χ1v) is 5.00. The minimum atomic E-state index is 0.314. The number of hydrogen-bond donors (Lipinski definition) is 1. The predicted octanol–water partition coefficient (Wildman–Crippen LogP) is 2.55. The summed E-state index contributed by atoms with van der Waals surface area (Å²) in [5.41, 5.74) is 9.35. The first kappa shape index (κ1) is 10.5. The first-order valence-electron chi connectivity index (χ1n) is 5.00. The second-order valence-electron chi connectivity index (χ2n) is 3.70. The lowest BCUT2D eigenvalue weighted by Crippen LogP contribution is -1.93. The van der Waals surface area contributed by atoms with Crippen LogP contribution in [0.1, 0.15) is 11.1 Å². The first-order chi connectivity index (χ1) is 7.63. The van der Waals surface area contributed by atoms with Crippen LogP contribution >= 0.6 is 0 Å². The summed E-state index contributed by atoms with van der Waals surface area (Å²) >= 11 is 0. The molecule has 16 heavy (non-hydrogen) atoms. The van der Waals surface area contributed by atoms with E-state index in [-0.39, 0.29) is 0 Å². The Hall–Kier alpha value is -1.97. The molecule has 0 bridgehead atoms. The summed E-state index contributed by atoms with van der Waals surface area (Å²) < 4.78 is 10.2. The summed E-state index contributed by atoms with van der Waals surface area (Å²) in [5, 5.41) is 3.90. The van der Waals surface area contributed by atoms with Crippen molar-refractivity contribution in [3.05, 3.63) is 29.3 Å². The van der Waals surface area contributed by atoms with Crippen molar-refractivity contribution < 1.29 is 9.26 Å². The average Bonchev–Trinajstić information content (AvgIpc) is 2.65. The molecular formula is C12H14N2O2. The molecule has 0 aliphatic heterocycles. The molecule has 0 radical (unpaired) electrons. The highest BCUT2D eigenvalue weighted by Gasteiger charge is 2.12. The maximum absolute atomic E-state index is 5.51. The third-order valence-electron chi connectivity index (χ3n) is 2.61. The van der Waals surface area contributed by atoms with Crippen molar-refractivity contribution >= 4 is 5.88 Å². The van der Waals surface area contributed by atoms with Gasteiger partial charge in [-0.15, -0.1) is 0 Å². The molecule has 0 aliphatic carbocycles. The van der Waals surface area contributed by atoms with Crippen LogP contribution in [0.2, 0.25) is 0 Å². The number of nitrogen functional groups attached to an aromatic ring is 1. The van der Waals surface area contributed by atoms with E-state index < -0.39 is 0 Å². The fourth-order valence-electron chi connectivity index (χ4n) is 1.83. The Morgan fingerprint density at radius 1 is 1.31 bits per heavy atom. The van der Waals surface area contributed by atoms with Crippen LogP contribution in [0.15, 0.2) is 22.7 Å². The van der Waals surface area contributed by atoms with Crippen LogP contribution in [0.5, 0.6) is 5.75 Å². The molecule has 0 saturated carbocycles. The Morgan fingerprint density at radius 2 is 2.06 bits per heavy atom. The molecule has 1 heterocycles. The van der Waals surface area contributed by atoms with E-state index >= 15 is 0 Å². The SMILES string of the molecule is COc1c(C)ccc(-c2cc(N)on2)c1C. The van der Waals surface area contributed by atoms with Gasteiger partial charge >= 0.3 is 0 Å². The van der Waals surface area contributed by atoms with Crippen LogP contribution in [0.25, 0.3) is 11.3 Å². The van der Waals surface area contributed by atoms with Crippen molar-refractivity contribution in [3.8, 4) is 17.0 Å². The van der Waals surface area contributed by atoms with Crippen molar-refractivity contribution in [2.75, 3.05) is 12.8 Å². The van der Waals surface area contributed by atoms with Gasteiger partial charge in [0.05, 0.1) is 7.11 Å². The van der Waals surface area contributed by atoms with Gasteiger partial charge in [-0.25, -0.2) is 0 Å². The van der Waals surface area contributed by atoms with Crippen molar-refractivity contribution in [3.63, 3.8) is 0 Å². The van der Waals surface area contributed by atoms with Crippen molar-refractivity contribution in [1.29, 1.82) is 0 Å². The number of aromatic nitrogens is 1. The fourth-order valence-corrected chi connectivity index (χ4v) is 1.83. The molecule has 0 atom stereocenters. The lowest BCUT2D eigenvalue weighted by Gasteiger charge is -2.11. The van der Waals surface area contributed by atoms with Crippen LogP contribution in [0, 0.1) is 13.8 Å². The van der Waals surface area contributed by atoms with Crippen LogP contribution in [-0.2, 0) is 0 Å². The largest absolute Gasteiger partial charge is 0.496 e. The van der Waals surface area contributed by atoms with Crippen molar-refractivity contribution in [1.82, 2.24) is 5.16 Å². The maximum Gasteiger partial charge on any atom is 0.222 e. The summed E-state index contributed by atoms with van der Waals surface area (Å²) in [5.74, 6) is 1.19. The second kappa shape index (κ2) is 3.89. The van der Waals surface area contributed by atoms with E-state index in [1.54, 1.807) is 13.2 Å². The molecule has 0 spiro atoms. The minimum absolute atomic E-state index is 0.314. The van der Waals surface area contributed by atoms with E-state index in [4.69, 9.17) is 15.0 Å². The number of aryl methyl sites for hydroxylation is 1. The van der Waals surface area contributed by atoms with Crippen LogP contribution in [0.3, 0.4) is 0 Å². The number of hydrogen-bond acceptors (Lipinski definition) is 4. The summed E-state index contributed by atoms with van der Waals surface area (Å²) in [4.78, 5) is 0. The molecule has 84 valence electrons. The van der Waals surface area contributed by atoms with E-state index in [2.05, 4.69) is 5.16 Å². The minimum Gasteiger partial charge on any atom is -0.496 e. The lowest BCUT2D eigenvalue weighted by molar-refractivity contribution is 0.408. The zero-order chi connectivity index (χ0) is 11.7. The Balaban J connectivity index is 2.58. The van der Waals surface area contributed by atoms with Gasteiger partial charge in [0.15, 0.2) is 0 Å². The van der Waals surface area contributed by atoms with E-state index in [0.717, 1.165) is 28.1 Å². The summed E-state index contributed by atoms with van der Waals surface area (Å²) in [7, 11) is 1.66. The highest BCUT2D eigenvalue weighted by atomic mass is 16.5. The molecule has 0 aliphatic rings. The van der Waals surface area contributed by atoms with Crippen LogP contribution in [-0.4, -0.2) is 12.3 Å². The second-order valence-corrected chi connectivity index (χ2v) is 3.70. The predicted molar refractivity (Wildman–Crippen MR) is 62.4 cm³/mol. The third-order valence-corrected chi connectivity index (χ3v) is 2.61. The molecule has 0 saturated heterocycles. The Labute approximate surface area is 94.0 Å². The van der Waals surface area contributed by atoms with E-state index in [0.29, 0.717) is 5.88 Å². The topological polar surface area (TPSA) is 61.3 Å². The van der Waals surface area contributed by atoms with Gasteiger partial charge in [0.1, 0.15) is 11.4 Å². The van der Waals surface area contributed by atoms with E-state index in [1.165, 1.54) is 0 Å². The van der Waals surface area contributed by atoms with Gasteiger partial charge in [-0.2, -0.15) is 0 Å². The maximum atomic E-state index is 5.51. The van der Waals surface area contributed by atoms with Gasteiger partial charge in [0.2, 0.25) is 5.88 Å². The Morgan fingerprint density at radius 3 is 2.62 bits per heavy atom. The molecule has 2 aromatic rings. The molecule has 2 rings (SSSR count). The molecule has 4 nitrogen and oxygen atoms in total. The van der Waals surface area contributed by atoms with Crippen molar-refractivity contribution in [2.45, 2.75) is 13.8 Å². The average molecular weight is 218 g/mol. The smallest absolute Gasteiger partial charge is 0.222 e. The van der Waals surface area contributed by atoms with E-state index in [9.17, 15) is 0 Å². The number of benzene rings is 1. The molecule has 1 aromatic heterocycles. The third kappa shape index (κ3) is 1.62. The zero-order valence-electron chi connectivity index (χ0n) is 9.57. The molecule has 0 fully saturated rings. The zero-order valence-corrected chi connectivity index (χ0v) is 9.57. The number of methoxy groups -OCH3 is 1. The molecule has 1 aromatic carbocycles. The lowest BCUT2D eigenvalue weighted by atomic mass is 10.0. The summed E-state index contributed by atoms with van der Waals surface area (Å²) in [6, 6.07) is 5.69. The molecule has 0 amide bonds. The normalized spacial score (nSPS) is 10.4. The van der Waals surface area contributed by atoms with Crippen LogP contribution < -0.4 is 10.5 Å². The number of ether oxygens (including phenoxy) is 1. The monoisotopic (exact) mass is 218 g/mol. The van der Waals surface area contributed by atoms with Gasteiger partial charge in [0.25, 0.3) is 0 Å². The Kier molecular flexibility index (Phi) is 2.56. The fraction of sp³-hybridized carbons (Fsp3) is 0.250. The molecule has 4 heteroatoms.